The van der Waals surface area contributed by atoms with Crippen molar-refractivity contribution in [2.24, 2.45) is 5.73 Å². The van der Waals surface area contributed by atoms with Gasteiger partial charge in [-0.3, -0.25) is 19.2 Å². The molecule has 9 heteroatoms. The van der Waals surface area contributed by atoms with E-state index < -0.39 is 23.7 Å². The molecule has 2 aliphatic heterocycles. The van der Waals surface area contributed by atoms with E-state index in [4.69, 9.17) is 5.73 Å². The van der Waals surface area contributed by atoms with E-state index in [2.05, 4.69) is 10.2 Å². The Labute approximate surface area is 127 Å². The highest BCUT2D eigenvalue weighted by molar-refractivity contribution is 6.01. The molecule has 22 heavy (non-hydrogen) atoms. The number of hydrogen-bond acceptors (Lipinski definition) is 6. The van der Waals surface area contributed by atoms with Gasteiger partial charge in [-0.15, -0.1) is 5.06 Å². The second-order valence-electron chi connectivity index (χ2n) is 4.82. The Hall–Kier alpha value is -2.45. The molecule has 0 aromatic carbocycles. The molecule has 0 saturated carbocycles. The third-order valence-corrected chi connectivity index (χ3v) is 2.91. The molecule has 0 bridgehead atoms. The van der Waals surface area contributed by atoms with Crippen LogP contribution in [0.2, 0.25) is 0 Å². The van der Waals surface area contributed by atoms with Crippen LogP contribution in [0.1, 0.15) is 44.9 Å². The van der Waals surface area contributed by atoms with Crippen molar-refractivity contribution in [3.05, 3.63) is 0 Å². The van der Waals surface area contributed by atoms with E-state index in [1.807, 2.05) is 0 Å². The monoisotopic (exact) mass is 313 g/mol. The molecule has 122 valence electrons. The van der Waals surface area contributed by atoms with Gasteiger partial charge >= 0.3 is 5.97 Å². The van der Waals surface area contributed by atoms with Gasteiger partial charge in [0, 0.05) is 38.6 Å². The lowest BCUT2D eigenvalue weighted by molar-refractivity contribution is -0.197. The number of primary amides is 1. The van der Waals surface area contributed by atoms with Gasteiger partial charge in [0.1, 0.15) is 0 Å². The lowest BCUT2D eigenvalue weighted by Crippen LogP contribution is -2.32. The van der Waals surface area contributed by atoms with Crippen molar-refractivity contribution in [3.63, 3.8) is 0 Å². The smallest absolute Gasteiger partial charge is 0.333 e. The SMILES string of the molecule is NC(=O)CCCC(=O)ON1C(=O)CCC1=O.O=C1CCCN1. The average molecular weight is 313 g/mol. The topological polar surface area (TPSA) is 136 Å². The molecule has 0 aromatic rings. The van der Waals surface area contributed by atoms with Crippen molar-refractivity contribution in [2.45, 2.75) is 44.9 Å². The van der Waals surface area contributed by atoms with Gasteiger partial charge in [0.15, 0.2) is 0 Å². The van der Waals surface area contributed by atoms with Crippen molar-refractivity contribution in [3.8, 4) is 0 Å². The van der Waals surface area contributed by atoms with Crippen molar-refractivity contribution in [1.82, 2.24) is 10.4 Å². The molecule has 2 saturated heterocycles. The van der Waals surface area contributed by atoms with E-state index >= 15 is 0 Å². The van der Waals surface area contributed by atoms with E-state index in [0.717, 1.165) is 19.4 Å². The maximum Gasteiger partial charge on any atom is 0.333 e. The van der Waals surface area contributed by atoms with Gasteiger partial charge in [0.25, 0.3) is 11.8 Å². The molecule has 0 aromatic heterocycles. The summed E-state index contributed by atoms with van der Waals surface area (Å²) < 4.78 is 0. The predicted molar refractivity (Wildman–Crippen MR) is 72.5 cm³/mol. The lowest BCUT2D eigenvalue weighted by Gasteiger charge is -2.11. The Balaban J connectivity index is 0.000000335. The van der Waals surface area contributed by atoms with Crippen LogP contribution in [0.3, 0.4) is 0 Å². The van der Waals surface area contributed by atoms with E-state index in [0.29, 0.717) is 5.06 Å². The fourth-order valence-corrected chi connectivity index (χ4v) is 1.78. The molecule has 2 fully saturated rings. The lowest BCUT2D eigenvalue weighted by atomic mass is 10.2. The first-order valence-corrected chi connectivity index (χ1v) is 7.01. The number of nitrogens with zero attached hydrogens (tertiary/aromatic N) is 1. The van der Waals surface area contributed by atoms with Crippen LogP contribution in [-0.2, 0) is 28.8 Å². The minimum atomic E-state index is -0.718. The van der Waals surface area contributed by atoms with Crippen LogP contribution >= 0.6 is 0 Å². The van der Waals surface area contributed by atoms with Crippen LogP contribution < -0.4 is 11.1 Å². The molecule has 2 rings (SSSR count). The summed E-state index contributed by atoms with van der Waals surface area (Å²) in [6, 6.07) is 0. The summed E-state index contributed by atoms with van der Waals surface area (Å²) in [6.45, 7) is 0.888. The van der Waals surface area contributed by atoms with E-state index in [9.17, 15) is 24.0 Å². The van der Waals surface area contributed by atoms with Crippen LogP contribution in [0.5, 0.6) is 0 Å². The van der Waals surface area contributed by atoms with Gasteiger partial charge in [-0.1, -0.05) is 0 Å². The first kappa shape index (κ1) is 17.6. The first-order chi connectivity index (χ1) is 10.4. The maximum absolute atomic E-state index is 11.2. The number of nitrogens with two attached hydrogens (primary N) is 1. The molecule has 0 atom stereocenters. The van der Waals surface area contributed by atoms with Crippen molar-refractivity contribution >= 4 is 29.6 Å². The average Bonchev–Trinajstić information content (AvgIpc) is 3.03. The molecule has 4 amide bonds. The van der Waals surface area contributed by atoms with Crippen molar-refractivity contribution in [1.29, 1.82) is 0 Å². The summed E-state index contributed by atoms with van der Waals surface area (Å²) in [7, 11) is 0. The Morgan fingerprint density at radius 3 is 2.14 bits per heavy atom. The normalized spacial score (nSPS) is 16.9. The second-order valence-corrected chi connectivity index (χ2v) is 4.82. The van der Waals surface area contributed by atoms with Gasteiger partial charge in [-0.05, 0) is 12.8 Å². The van der Waals surface area contributed by atoms with Crippen LogP contribution in [0, 0.1) is 0 Å². The summed E-state index contributed by atoms with van der Waals surface area (Å²) in [5, 5.41) is 3.16. The van der Waals surface area contributed by atoms with E-state index in [1.54, 1.807) is 0 Å². The molecule has 0 radical (unpaired) electrons. The highest BCUT2D eigenvalue weighted by Crippen LogP contribution is 2.13. The Bertz CT molecular complexity index is 452. The Morgan fingerprint density at radius 2 is 1.73 bits per heavy atom. The number of carbonyl (C=O) groups excluding carboxylic acids is 5. The molecule has 0 unspecified atom stereocenters. The molecule has 2 heterocycles. The highest BCUT2D eigenvalue weighted by Gasteiger charge is 2.32. The number of hydroxylamine groups is 2. The number of nitrogens with one attached hydrogen (secondary N) is 1. The van der Waals surface area contributed by atoms with Crippen molar-refractivity contribution in [2.75, 3.05) is 6.54 Å². The van der Waals surface area contributed by atoms with E-state index in [-0.39, 0.29) is 38.0 Å². The zero-order valence-electron chi connectivity index (χ0n) is 12.1. The number of amides is 4. The summed E-state index contributed by atoms with van der Waals surface area (Å²) in [5.41, 5.74) is 4.88. The van der Waals surface area contributed by atoms with Gasteiger partial charge in [-0.25, -0.2) is 4.79 Å². The standard InChI is InChI=1S/C9H12N2O5.C4H7NO/c10-6(12)2-1-3-9(15)16-11-7(13)4-5-8(11)14;6-4-2-1-3-5-4/h1-5H2,(H2,10,12);1-3H2,(H,5,6). The van der Waals surface area contributed by atoms with Gasteiger partial charge in [-0.2, -0.15) is 0 Å². The van der Waals surface area contributed by atoms with Crippen LogP contribution in [0.25, 0.3) is 0 Å². The van der Waals surface area contributed by atoms with Gasteiger partial charge < -0.3 is 15.9 Å². The number of imide groups is 1. The molecule has 0 aliphatic carbocycles. The first-order valence-electron chi connectivity index (χ1n) is 7.01. The van der Waals surface area contributed by atoms with Gasteiger partial charge in [0.2, 0.25) is 11.8 Å². The van der Waals surface area contributed by atoms with Crippen LogP contribution in [0.4, 0.5) is 0 Å². The molecule has 9 nitrogen and oxygen atoms in total. The molecule has 0 spiro atoms. The highest BCUT2D eigenvalue weighted by atomic mass is 16.7. The van der Waals surface area contributed by atoms with Crippen LogP contribution in [-0.4, -0.2) is 41.2 Å². The zero-order chi connectivity index (χ0) is 16.5. The maximum atomic E-state index is 11.2. The predicted octanol–water partition coefficient (Wildman–Crippen LogP) is -0.854. The fourth-order valence-electron chi connectivity index (χ4n) is 1.78. The minimum absolute atomic E-state index is 0.0556. The second kappa shape index (κ2) is 8.75. The summed E-state index contributed by atoms with van der Waals surface area (Å²) in [4.78, 5) is 58.3. The summed E-state index contributed by atoms with van der Waals surface area (Å²) in [6.07, 6.45) is 2.14. The van der Waals surface area contributed by atoms with Crippen molar-refractivity contribution < 1.29 is 28.8 Å². The molecule has 3 N–H and O–H groups in total. The molecule has 2 aliphatic rings. The molecular formula is C13H19N3O6. The number of rotatable bonds is 5. The molecular weight excluding hydrogens is 294 g/mol. The van der Waals surface area contributed by atoms with Gasteiger partial charge in [0.05, 0.1) is 0 Å². The summed E-state index contributed by atoms with van der Waals surface area (Å²) >= 11 is 0. The van der Waals surface area contributed by atoms with E-state index in [1.165, 1.54) is 0 Å². The summed E-state index contributed by atoms with van der Waals surface area (Å²) in [5.74, 6) is -2.07. The largest absolute Gasteiger partial charge is 0.370 e. The Kier molecular flexibility index (Phi) is 7.00. The quantitative estimate of drug-likeness (QED) is 0.634. The minimum Gasteiger partial charge on any atom is -0.370 e. The number of hydrogen-bond donors (Lipinski definition) is 2. The number of carbonyl (C=O) groups is 5. The fraction of sp³-hybridized carbons (Fsp3) is 0.615. The third kappa shape index (κ3) is 6.33. The van der Waals surface area contributed by atoms with Crippen LogP contribution in [0.15, 0.2) is 0 Å². The zero-order valence-corrected chi connectivity index (χ0v) is 12.1. The third-order valence-electron chi connectivity index (χ3n) is 2.91. The Morgan fingerprint density at radius 1 is 1.09 bits per heavy atom.